The molecule has 1 heterocycles. The largest absolute Gasteiger partial charge is 0.481 e. The first kappa shape index (κ1) is 46.1. The van der Waals surface area contributed by atoms with Gasteiger partial charge in [0.25, 0.3) is 11.8 Å². The van der Waals surface area contributed by atoms with Crippen molar-refractivity contribution in [1.29, 1.82) is 0 Å². The molecule has 0 aliphatic heterocycles. The van der Waals surface area contributed by atoms with Gasteiger partial charge in [0.1, 0.15) is 28.9 Å². The SMILES string of the molecule is CCCCCC(C(=O)NCNC(=O)c1ccc(-c2ccc(C(=O)NC(CC(=O)O)C(=O)O)c(OCC(=O)O)c2)o1)[C@@H](CC)N(C=O)OC(=O)c1ccccc1OC(C)=O. The number of amides is 4. The van der Waals surface area contributed by atoms with Crippen LogP contribution in [0.2, 0.25) is 0 Å². The van der Waals surface area contributed by atoms with Crippen molar-refractivity contribution in [3.8, 4) is 22.8 Å². The van der Waals surface area contributed by atoms with Gasteiger partial charge >= 0.3 is 29.8 Å². The van der Waals surface area contributed by atoms with Crippen molar-refractivity contribution in [2.45, 2.75) is 71.4 Å². The highest BCUT2D eigenvalue weighted by atomic mass is 16.7. The summed E-state index contributed by atoms with van der Waals surface area (Å²) < 4.78 is 16.0. The third-order valence-electron chi connectivity index (χ3n) is 8.50. The van der Waals surface area contributed by atoms with E-state index in [9.17, 15) is 48.3 Å². The van der Waals surface area contributed by atoms with E-state index in [1.165, 1.54) is 48.5 Å². The van der Waals surface area contributed by atoms with E-state index < -0.39 is 78.6 Å². The molecule has 0 spiro atoms. The van der Waals surface area contributed by atoms with Crippen molar-refractivity contribution in [2.24, 2.45) is 5.92 Å². The van der Waals surface area contributed by atoms with Gasteiger partial charge in [-0.15, -0.1) is 0 Å². The number of ether oxygens (including phenoxy) is 2. The van der Waals surface area contributed by atoms with Gasteiger partial charge in [0.2, 0.25) is 12.3 Å². The van der Waals surface area contributed by atoms with Crippen LogP contribution in [0.25, 0.3) is 11.3 Å². The number of furan rings is 1. The van der Waals surface area contributed by atoms with Gasteiger partial charge in [-0.25, -0.2) is 14.4 Å². The molecule has 6 N–H and O–H groups in total. The molecule has 316 valence electrons. The van der Waals surface area contributed by atoms with Gasteiger partial charge in [-0.3, -0.25) is 28.8 Å². The van der Waals surface area contributed by atoms with Gasteiger partial charge in [0.15, 0.2) is 12.4 Å². The van der Waals surface area contributed by atoms with Crippen molar-refractivity contribution >= 4 is 54.0 Å². The highest BCUT2D eigenvalue weighted by Gasteiger charge is 2.34. The first-order valence-corrected chi connectivity index (χ1v) is 18.2. The van der Waals surface area contributed by atoms with Crippen LogP contribution in [0.15, 0.2) is 59.0 Å². The van der Waals surface area contributed by atoms with Crippen LogP contribution in [0.1, 0.15) is 90.6 Å². The normalized spacial score (nSPS) is 12.1. The molecule has 0 bridgehead atoms. The lowest BCUT2D eigenvalue weighted by molar-refractivity contribution is -0.171. The number of carboxylic acids is 3. The Morgan fingerprint density at radius 3 is 2.20 bits per heavy atom. The summed E-state index contributed by atoms with van der Waals surface area (Å²) in [6, 6.07) is 9.41. The molecule has 0 saturated carbocycles. The summed E-state index contributed by atoms with van der Waals surface area (Å²) in [4.78, 5) is 116. The molecule has 3 aromatic rings. The number of hydrogen-bond acceptors (Lipinski definition) is 13. The molecule has 20 heteroatoms. The number of benzene rings is 2. The third-order valence-corrected chi connectivity index (χ3v) is 8.50. The number of carboxylic acid groups (broad SMARTS) is 3. The number of carbonyl (C=O) groups excluding carboxylic acids is 6. The molecule has 2 aromatic carbocycles. The van der Waals surface area contributed by atoms with E-state index in [0.29, 0.717) is 12.8 Å². The lowest BCUT2D eigenvalue weighted by atomic mass is 9.90. The molecule has 20 nitrogen and oxygen atoms in total. The van der Waals surface area contributed by atoms with Crippen molar-refractivity contribution in [1.82, 2.24) is 21.0 Å². The highest BCUT2D eigenvalue weighted by Crippen LogP contribution is 2.30. The molecule has 3 atom stereocenters. The van der Waals surface area contributed by atoms with E-state index in [0.717, 1.165) is 30.9 Å². The molecule has 0 aliphatic carbocycles. The Balaban J connectivity index is 1.74. The van der Waals surface area contributed by atoms with E-state index in [4.69, 9.17) is 28.9 Å². The fourth-order valence-electron chi connectivity index (χ4n) is 5.72. The van der Waals surface area contributed by atoms with Gasteiger partial charge in [-0.2, -0.15) is 5.06 Å². The zero-order valence-corrected chi connectivity index (χ0v) is 32.3. The number of rotatable bonds is 24. The molecule has 0 saturated heterocycles. The number of hydroxylamine groups is 2. The van der Waals surface area contributed by atoms with Crippen LogP contribution < -0.4 is 25.4 Å². The maximum Gasteiger partial charge on any atom is 0.367 e. The summed E-state index contributed by atoms with van der Waals surface area (Å²) in [5, 5.41) is 35.3. The van der Waals surface area contributed by atoms with Gasteiger partial charge in [0.05, 0.1) is 30.6 Å². The summed E-state index contributed by atoms with van der Waals surface area (Å²) >= 11 is 0. The Hall–Kier alpha value is -7.25. The number of carbonyl (C=O) groups is 9. The Morgan fingerprint density at radius 1 is 0.847 bits per heavy atom. The predicted molar refractivity (Wildman–Crippen MR) is 202 cm³/mol. The zero-order chi connectivity index (χ0) is 43.6. The fourth-order valence-corrected chi connectivity index (χ4v) is 5.72. The van der Waals surface area contributed by atoms with Gasteiger partial charge in [-0.1, -0.05) is 51.3 Å². The summed E-state index contributed by atoms with van der Waals surface area (Å²) in [6.45, 7) is 3.53. The maximum absolute atomic E-state index is 13.6. The number of esters is 1. The number of hydrogen-bond donors (Lipinski definition) is 6. The number of unbranched alkanes of at least 4 members (excludes halogenated alkanes) is 2. The van der Waals surface area contributed by atoms with Crippen molar-refractivity contribution < 1.29 is 77.2 Å². The van der Waals surface area contributed by atoms with Gasteiger partial charge < -0.3 is 50.0 Å². The average Bonchev–Trinajstić information content (AvgIpc) is 3.69. The average molecular weight is 825 g/mol. The monoisotopic (exact) mass is 824 g/mol. The molecular formula is C39H44N4O16. The van der Waals surface area contributed by atoms with Crippen LogP contribution in [-0.2, 0) is 33.6 Å². The Labute approximate surface area is 336 Å². The third kappa shape index (κ3) is 13.7. The maximum atomic E-state index is 13.6. The smallest absolute Gasteiger partial charge is 0.367 e. The quantitative estimate of drug-likeness (QED) is 0.0189. The zero-order valence-electron chi connectivity index (χ0n) is 32.3. The molecular weight excluding hydrogens is 780 g/mol. The van der Waals surface area contributed by atoms with Gasteiger partial charge in [-0.05, 0) is 49.2 Å². The standard InChI is InChI=1S/C39H44N4O16/c1-4-6-7-10-24(28(5-2)43(21-44)59-39(55)26-11-8-9-12-30(26)57-22(3)45)35(50)40-20-41-37(52)31-16-15-29(58-31)23-13-14-25(32(17-23)56-19-34(48)49)36(51)42-27(38(53)54)18-33(46)47/h8-9,11-17,21,24,27-28H,4-7,10,18-20H2,1-3H3,(H,40,50)(H,41,52)(H,42,51)(H,46,47)(H,48,49)(H,53,54)/t24?,27?,28-/m1/s1. The van der Waals surface area contributed by atoms with E-state index in [1.54, 1.807) is 6.92 Å². The molecule has 3 rings (SSSR count). The van der Waals surface area contributed by atoms with Crippen LogP contribution in [0, 0.1) is 5.92 Å². The van der Waals surface area contributed by atoms with E-state index in [2.05, 4.69) is 16.0 Å². The first-order valence-electron chi connectivity index (χ1n) is 18.2. The van der Waals surface area contributed by atoms with Crippen molar-refractivity contribution in [3.63, 3.8) is 0 Å². The molecule has 0 aliphatic rings. The van der Waals surface area contributed by atoms with E-state index in [1.807, 2.05) is 6.92 Å². The summed E-state index contributed by atoms with van der Waals surface area (Å²) in [5.41, 5.74) is -0.244. The van der Waals surface area contributed by atoms with Crippen molar-refractivity contribution in [3.05, 3.63) is 71.5 Å². The number of nitrogens with one attached hydrogen (secondary N) is 3. The topological polar surface area (TPSA) is 294 Å². The lowest BCUT2D eigenvalue weighted by Gasteiger charge is -2.32. The number of nitrogens with zero attached hydrogens (tertiary/aromatic N) is 1. The van der Waals surface area contributed by atoms with Crippen LogP contribution in [0.4, 0.5) is 0 Å². The fraction of sp³-hybridized carbons (Fsp3) is 0.359. The molecule has 0 fully saturated rings. The van der Waals surface area contributed by atoms with E-state index in [-0.39, 0.29) is 59.2 Å². The predicted octanol–water partition coefficient (Wildman–Crippen LogP) is 3.00. The Bertz CT molecular complexity index is 2030. The minimum Gasteiger partial charge on any atom is -0.481 e. The second-order valence-corrected chi connectivity index (χ2v) is 12.8. The molecule has 4 amide bonds. The van der Waals surface area contributed by atoms with E-state index >= 15 is 0 Å². The lowest BCUT2D eigenvalue weighted by Crippen LogP contribution is -2.49. The molecule has 1 aromatic heterocycles. The summed E-state index contributed by atoms with van der Waals surface area (Å²) in [6.07, 6.45) is 1.99. The second kappa shape index (κ2) is 22.5. The summed E-state index contributed by atoms with van der Waals surface area (Å²) in [7, 11) is 0. The first-order chi connectivity index (χ1) is 28.1. The minimum atomic E-state index is -1.80. The summed E-state index contributed by atoms with van der Waals surface area (Å²) in [5.74, 6) is -10.0. The highest BCUT2D eigenvalue weighted by molar-refractivity contribution is 6.00. The van der Waals surface area contributed by atoms with Crippen molar-refractivity contribution in [2.75, 3.05) is 13.3 Å². The van der Waals surface area contributed by atoms with Gasteiger partial charge in [0, 0.05) is 12.5 Å². The Kier molecular flexibility index (Phi) is 17.6. The van der Waals surface area contributed by atoms with Crippen LogP contribution in [-0.4, -0.2) is 99.7 Å². The van der Waals surface area contributed by atoms with Crippen LogP contribution >= 0.6 is 0 Å². The molecule has 2 unspecified atom stereocenters. The number of para-hydroxylation sites is 1. The van der Waals surface area contributed by atoms with Crippen LogP contribution in [0.3, 0.4) is 0 Å². The second-order valence-electron chi connectivity index (χ2n) is 12.8. The molecule has 59 heavy (non-hydrogen) atoms. The van der Waals surface area contributed by atoms with Crippen LogP contribution in [0.5, 0.6) is 11.5 Å². The minimum absolute atomic E-state index is 0.0568. The Morgan fingerprint density at radius 2 is 1.58 bits per heavy atom. The number of aliphatic carboxylic acids is 3. The molecule has 0 radical (unpaired) electrons.